The van der Waals surface area contributed by atoms with Crippen molar-refractivity contribution in [3.05, 3.63) is 12.2 Å². The van der Waals surface area contributed by atoms with Gasteiger partial charge in [0.1, 0.15) is 6.10 Å². The zero-order valence-electron chi connectivity index (χ0n) is 6.90. The van der Waals surface area contributed by atoms with Crippen LogP contribution in [-0.4, -0.2) is 30.4 Å². The van der Waals surface area contributed by atoms with Gasteiger partial charge in [0.2, 0.25) is 0 Å². The molecule has 1 aliphatic carbocycles. The van der Waals surface area contributed by atoms with E-state index in [0.29, 0.717) is 0 Å². The third-order valence-electron chi connectivity index (χ3n) is 2.20. The summed E-state index contributed by atoms with van der Waals surface area (Å²) in [5, 5.41) is 1.31. The Balaban J connectivity index is 2.11. The zero-order valence-corrected chi connectivity index (χ0v) is 6.90. The first-order chi connectivity index (χ1) is 5.81. The van der Waals surface area contributed by atoms with Crippen LogP contribution < -0.4 is 0 Å². The maximum absolute atomic E-state index is 11.1. The van der Waals surface area contributed by atoms with Crippen LogP contribution in [0.3, 0.4) is 0 Å². The quantitative estimate of drug-likeness (QED) is 0.509. The third kappa shape index (κ3) is 1.08. The predicted octanol–water partition coefficient (Wildman–Crippen LogP) is 1.09. The highest BCUT2D eigenvalue weighted by molar-refractivity contribution is 5.67. The van der Waals surface area contributed by atoms with E-state index < -0.39 is 6.09 Å². The molecular formula is C8H11NO3. The summed E-state index contributed by atoms with van der Waals surface area (Å²) in [4.78, 5) is 16.4. The third-order valence-corrected chi connectivity index (χ3v) is 2.20. The zero-order chi connectivity index (χ0) is 8.55. The van der Waals surface area contributed by atoms with Gasteiger partial charge in [0.25, 0.3) is 0 Å². The number of rotatable bonds is 0. The van der Waals surface area contributed by atoms with E-state index in [0.717, 1.165) is 12.8 Å². The smallest absolute Gasteiger partial charge is 0.434 e. The predicted molar refractivity (Wildman–Crippen MR) is 41.3 cm³/mol. The molecule has 2 aliphatic heterocycles. The van der Waals surface area contributed by atoms with Crippen molar-refractivity contribution in [2.45, 2.75) is 25.0 Å². The molecule has 1 amide bonds. The Bertz CT molecular complexity index is 226. The second kappa shape index (κ2) is 2.79. The van der Waals surface area contributed by atoms with Crippen molar-refractivity contribution in [3.8, 4) is 0 Å². The molecule has 4 heteroatoms. The van der Waals surface area contributed by atoms with Crippen LogP contribution in [0.25, 0.3) is 0 Å². The molecule has 12 heavy (non-hydrogen) atoms. The summed E-state index contributed by atoms with van der Waals surface area (Å²) in [6.45, 7) is 0. The maximum atomic E-state index is 11.1. The minimum absolute atomic E-state index is 0.0640. The van der Waals surface area contributed by atoms with Crippen LogP contribution >= 0.6 is 0 Å². The van der Waals surface area contributed by atoms with E-state index in [1.54, 1.807) is 0 Å². The molecule has 3 rings (SSSR count). The van der Waals surface area contributed by atoms with Crippen LogP contribution in [-0.2, 0) is 9.57 Å². The maximum Gasteiger partial charge on any atom is 0.434 e. The number of carbonyl (C=O) groups is 1. The van der Waals surface area contributed by atoms with Gasteiger partial charge in [0.15, 0.2) is 0 Å². The summed E-state index contributed by atoms with van der Waals surface area (Å²) in [5.41, 5.74) is 0. The van der Waals surface area contributed by atoms with E-state index in [4.69, 9.17) is 4.84 Å². The standard InChI is InChI=1S/C8H11NO3/c1-11-8(10)9-6-2-4-7(12-9)5-3-6/h2,4,6-7H,3,5H2,1H3. The van der Waals surface area contributed by atoms with Crippen molar-refractivity contribution in [1.82, 2.24) is 5.06 Å². The molecule has 66 valence electrons. The van der Waals surface area contributed by atoms with Gasteiger partial charge in [0.05, 0.1) is 13.2 Å². The summed E-state index contributed by atoms with van der Waals surface area (Å²) in [5.74, 6) is 0. The van der Waals surface area contributed by atoms with Crippen molar-refractivity contribution < 1.29 is 14.4 Å². The van der Waals surface area contributed by atoms with Gasteiger partial charge in [-0.3, -0.25) is 4.84 Å². The molecule has 2 heterocycles. The minimum atomic E-state index is -0.408. The number of fused-ring (bicyclic) bond motifs is 2. The van der Waals surface area contributed by atoms with Gasteiger partial charge in [-0.2, -0.15) is 5.06 Å². The number of hydrogen-bond acceptors (Lipinski definition) is 3. The number of amides is 1. The molecule has 0 aromatic rings. The Hall–Kier alpha value is -1.03. The van der Waals surface area contributed by atoms with Crippen molar-refractivity contribution in [2.75, 3.05) is 7.11 Å². The average Bonchev–Trinajstić information content (AvgIpc) is 2.18. The lowest BCUT2D eigenvalue weighted by Crippen LogP contribution is -2.48. The summed E-state index contributed by atoms with van der Waals surface area (Å²) in [6, 6.07) is 0.0717. The topological polar surface area (TPSA) is 38.8 Å². The Morgan fingerprint density at radius 2 is 2.42 bits per heavy atom. The van der Waals surface area contributed by atoms with E-state index in [9.17, 15) is 4.79 Å². The number of hydrogen-bond donors (Lipinski definition) is 0. The summed E-state index contributed by atoms with van der Waals surface area (Å²) in [6.07, 6.45) is 5.61. The molecule has 0 aromatic heterocycles. The lowest BCUT2D eigenvalue weighted by Gasteiger charge is -2.38. The molecule has 0 aromatic carbocycles. The van der Waals surface area contributed by atoms with Crippen LogP contribution in [0.4, 0.5) is 4.79 Å². The molecule has 0 radical (unpaired) electrons. The van der Waals surface area contributed by atoms with E-state index >= 15 is 0 Å². The number of carbonyl (C=O) groups excluding carboxylic acids is 1. The second-order valence-electron chi connectivity index (χ2n) is 2.97. The van der Waals surface area contributed by atoms with Crippen LogP contribution in [0.2, 0.25) is 0 Å². The van der Waals surface area contributed by atoms with Gasteiger partial charge in [-0.25, -0.2) is 4.79 Å². The molecule has 0 saturated carbocycles. The molecule has 4 nitrogen and oxygen atoms in total. The van der Waals surface area contributed by atoms with Gasteiger partial charge in [-0.15, -0.1) is 0 Å². The van der Waals surface area contributed by atoms with Gasteiger partial charge in [-0.05, 0) is 12.8 Å². The lowest BCUT2D eigenvalue weighted by molar-refractivity contribution is -0.206. The Labute approximate surface area is 70.7 Å². The summed E-state index contributed by atoms with van der Waals surface area (Å²) >= 11 is 0. The van der Waals surface area contributed by atoms with Crippen molar-refractivity contribution >= 4 is 6.09 Å². The number of hydroxylamine groups is 2. The van der Waals surface area contributed by atoms with E-state index in [-0.39, 0.29) is 12.1 Å². The molecule has 0 spiro atoms. The molecule has 3 aliphatic rings. The average molecular weight is 169 g/mol. The van der Waals surface area contributed by atoms with E-state index in [2.05, 4.69) is 4.74 Å². The molecule has 2 unspecified atom stereocenters. The Morgan fingerprint density at radius 1 is 1.58 bits per heavy atom. The highest BCUT2D eigenvalue weighted by Crippen LogP contribution is 2.27. The van der Waals surface area contributed by atoms with Gasteiger partial charge >= 0.3 is 6.09 Å². The molecule has 2 atom stereocenters. The second-order valence-corrected chi connectivity index (χ2v) is 2.97. The fourth-order valence-electron chi connectivity index (χ4n) is 1.56. The fraction of sp³-hybridized carbons (Fsp3) is 0.625. The first-order valence-corrected chi connectivity index (χ1v) is 4.03. The molecule has 1 saturated heterocycles. The first-order valence-electron chi connectivity index (χ1n) is 4.03. The van der Waals surface area contributed by atoms with Crippen LogP contribution in [0.1, 0.15) is 12.8 Å². The van der Waals surface area contributed by atoms with Crippen LogP contribution in [0.15, 0.2) is 12.2 Å². The Kier molecular flexibility index (Phi) is 1.77. The lowest BCUT2D eigenvalue weighted by atomic mass is 9.99. The monoisotopic (exact) mass is 169 g/mol. The van der Waals surface area contributed by atoms with Gasteiger partial charge in [-0.1, -0.05) is 12.2 Å². The van der Waals surface area contributed by atoms with E-state index in [1.165, 1.54) is 12.2 Å². The van der Waals surface area contributed by atoms with Crippen LogP contribution in [0, 0.1) is 0 Å². The van der Waals surface area contributed by atoms with Crippen molar-refractivity contribution in [3.63, 3.8) is 0 Å². The van der Waals surface area contributed by atoms with Crippen LogP contribution in [0.5, 0.6) is 0 Å². The Morgan fingerprint density at radius 3 is 2.83 bits per heavy atom. The fourth-order valence-corrected chi connectivity index (χ4v) is 1.56. The summed E-state index contributed by atoms with van der Waals surface area (Å²) in [7, 11) is 1.36. The molecule has 1 fully saturated rings. The van der Waals surface area contributed by atoms with Gasteiger partial charge < -0.3 is 4.74 Å². The molecular weight excluding hydrogens is 158 g/mol. The minimum Gasteiger partial charge on any atom is -0.451 e. The summed E-state index contributed by atoms with van der Waals surface area (Å²) < 4.78 is 4.57. The van der Waals surface area contributed by atoms with E-state index in [1.807, 2.05) is 12.2 Å². The normalized spacial score (nSPS) is 32.2. The number of nitrogens with zero attached hydrogens (tertiary/aromatic N) is 1. The first kappa shape index (κ1) is 7.61. The van der Waals surface area contributed by atoms with Crippen molar-refractivity contribution in [2.24, 2.45) is 0 Å². The molecule has 0 N–H and O–H groups in total. The highest BCUT2D eigenvalue weighted by atomic mass is 16.7. The number of ether oxygens (including phenoxy) is 1. The molecule has 2 bridgehead atoms. The van der Waals surface area contributed by atoms with Crippen molar-refractivity contribution in [1.29, 1.82) is 0 Å². The largest absolute Gasteiger partial charge is 0.451 e. The SMILES string of the molecule is COC(=O)N1OC2C=CC1CC2. The highest BCUT2D eigenvalue weighted by Gasteiger charge is 2.34. The van der Waals surface area contributed by atoms with Gasteiger partial charge in [0, 0.05) is 0 Å². The number of methoxy groups -OCH3 is 1.